The van der Waals surface area contributed by atoms with E-state index in [0.29, 0.717) is 12.1 Å². The number of carbonyl (C=O) groups is 1. The molecule has 1 aromatic carbocycles. The highest BCUT2D eigenvalue weighted by molar-refractivity contribution is 5.94. The third-order valence-electron chi connectivity index (χ3n) is 3.05. The predicted molar refractivity (Wildman–Crippen MR) is 80.0 cm³/mol. The van der Waals surface area contributed by atoms with Crippen molar-refractivity contribution in [2.24, 2.45) is 0 Å². The molecular formula is C16H19N3O2. The number of rotatable bonds is 3. The van der Waals surface area contributed by atoms with Crippen molar-refractivity contribution in [1.29, 1.82) is 0 Å². The van der Waals surface area contributed by atoms with Crippen molar-refractivity contribution in [1.82, 2.24) is 15.3 Å². The maximum atomic E-state index is 12.1. The average molecular weight is 285 g/mol. The normalized spacial score (nSPS) is 11.2. The number of carbonyl (C=O) groups excluding carboxylic acids is 1. The van der Waals surface area contributed by atoms with E-state index in [1.165, 1.54) is 18.5 Å². The molecule has 0 radical (unpaired) electrons. The average Bonchev–Trinajstić information content (AvgIpc) is 2.44. The highest BCUT2D eigenvalue weighted by Gasteiger charge is 2.20. The number of hydrogen-bond donors (Lipinski definition) is 2. The Balaban J connectivity index is 2.12. The van der Waals surface area contributed by atoms with Gasteiger partial charge in [0.1, 0.15) is 12.1 Å². The molecule has 2 aromatic rings. The molecule has 0 atom stereocenters. The summed E-state index contributed by atoms with van der Waals surface area (Å²) in [6.45, 7) is 6.55. The molecule has 21 heavy (non-hydrogen) atoms. The largest absolute Gasteiger partial charge is 0.508 e. The molecule has 110 valence electrons. The van der Waals surface area contributed by atoms with Gasteiger partial charge in [0, 0.05) is 29.3 Å². The zero-order valence-electron chi connectivity index (χ0n) is 12.4. The molecule has 0 saturated carbocycles. The summed E-state index contributed by atoms with van der Waals surface area (Å²) in [5.41, 5.74) is 2.10. The highest BCUT2D eigenvalue weighted by atomic mass is 16.3. The van der Waals surface area contributed by atoms with Crippen LogP contribution in [0.15, 0.2) is 36.8 Å². The van der Waals surface area contributed by atoms with E-state index in [1.807, 2.05) is 0 Å². The van der Waals surface area contributed by atoms with E-state index in [-0.39, 0.29) is 17.1 Å². The highest BCUT2D eigenvalue weighted by Crippen LogP contribution is 2.22. The van der Waals surface area contributed by atoms with E-state index in [4.69, 9.17) is 0 Å². The Bertz CT molecular complexity index is 648. The van der Waals surface area contributed by atoms with Gasteiger partial charge < -0.3 is 10.4 Å². The minimum atomic E-state index is -0.241. The monoisotopic (exact) mass is 285 g/mol. The lowest BCUT2D eigenvalue weighted by Crippen LogP contribution is -2.26. The van der Waals surface area contributed by atoms with Crippen LogP contribution in [0.1, 0.15) is 42.4 Å². The fourth-order valence-electron chi connectivity index (χ4n) is 2.09. The molecule has 5 heteroatoms. The third kappa shape index (κ3) is 3.78. The van der Waals surface area contributed by atoms with Gasteiger partial charge in [-0.05, 0) is 18.2 Å². The van der Waals surface area contributed by atoms with Crippen LogP contribution in [0.2, 0.25) is 0 Å². The smallest absolute Gasteiger partial charge is 0.251 e. The van der Waals surface area contributed by atoms with Crippen LogP contribution in [0.3, 0.4) is 0 Å². The van der Waals surface area contributed by atoms with Crippen LogP contribution >= 0.6 is 0 Å². The van der Waals surface area contributed by atoms with Crippen molar-refractivity contribution in [3.05, 3.63) is 53.6 Å². The summed E-state index contributed by atoms with van der Waals surface area (Å²) in [5, 5.41) is 12.2. The molecule has 0 unspecified atom stereocenters. The number of aromatic nitrogens is 2. The van der Waals surface area contributed by atoms with Crippen molar-refractivity contribution in [2.45, 2.75) is 32.7 Å². The van der Waals surface area contributed by atoms with Crippen molar-refractivity contribution in [2.75, 3.05) is 0 Å². The van der Waals surface area contributed by atoms with Gasteiger partial charge in [0.05, 0.1) is 5.69 Å². The van der Waals surface area contributed by atoms with Crippen molar-refractivity contribution >= 4 is 5.91 Å². The summed E-state index contributed by atoms with van der Waals surface area (Å²) in [6.07, 6.45) is 3.23. The third-order valence-corrected chi connectivity index (χ3v) is 3.05. The van der Waals surface area contributed by atoms with Crippen LogP contribution in [0, 0.1) is 0 Å². The molecule has 0 saturated heterocycles. The topological polar surface area (TPSA) is 75.1 Å². The first-order valence-corrected chi connectivity index (χ1v) is 6.74. The minimum absolute atomic E-state index is 0.0704. The molecule has 0 aliphatic carbocycles. The van der Waals surface area contributed by atoms with Gasteiger partial charge in [-0.3, -0.25) is 4.79 Å². The standard InChI is InChI=1S/C16H19N3O2/c1-16(2,3)14-12(8-17-10-19-14)9-18-15(21)11-5-4-6-13(20)7-11/h4-8,10,20H,9H2,1-3H3,(H,18,21). The summed E-state index contributed by atoms with van der Waals surface area (Å²) in [6, 6.07) is 6.25. The van der Waals surface area contributed by atoms with Crippen LogP contribution in [0.4, 0.5) is 0 Å². The van der Waals surface area contributed by atoms with Gasteiger partial charge in [-0.15, -0.1) is 0 Å². The van der Waals surface area contributed by atoms with Gasteiger partial charge in [-0.1, -0.05) is 26.8 Å². The lowest BCUT2D eigenvalue weighted by molar-refractivity contribution is 0.0950. The second kappa shape index (κ2) is 5.91. The molecule has 2 N–H and O–H groups in total. The van der Waals surface area contributed by atoms with Crippen molar-refractivity contribution in [3.63, 3.8) is 0 Å². The number of phenols is 1. The fourth-order valence-corrected chi connectivity index (χ4v) is 2.09. The summed E-state index contributed by atoms with van der Waals surface area (Å²) >= 11 is 0. The summed E-state index contributed by atoms with van der Waals surface area (Å²) < 4.78 is 0. The van der Waals surface area contributed by atoms with Crippen molar-refractivity contribution < 1.29 is 9.90 Å². The van der Waals surface area contributed by atoms with Gasteiger partial charge in [0.25, 0.3) is 5.91 Å². The van der Waals surface area contributed by atoms with E-state index < -0.39 is 0 Å². The molecule has 1 aromatic heterocycles. The van der Waals surface area contributed by atoms with Crippen molar-refractivity contribution in [3.8, 4) is 5.75 Å². The number of nitrogens with one attached hydrogen (secondary N) is 1. The zero-order chi connectivity index (χ0) is 15.5. The van der Waals surface area contributed by atoms with Crippen LogP contribution in [0.25, 0.3) is 0 Å². The Morgan fingerprint density at radius 3 is 2.76 bits per heavy atom. The lowest BCUT2D eigenvalue weighted by Gasteiger charge is -2.21. The lowest BCUT2D eigenvalue weighted by atomic mass is 9.89. The fraction of sp³-hybridized carbons (Fsp3) is 0.312. The van der Waals surface area contributed by atoms with E-state index in [9.17, 15) is 9.90 Å². The van der Waals surface area contributed by atoms with E-state index in [2.05, 4.69) is 36.1 Å². The number of phenolic OH excluding ortho intramolecular Hbond substituents is 1. The number of aromatic hydroxyl groups is 1. The Hall–Kier alpha value is -2.43. The van der Waals surface area contributed by atoms with Gasteiger partial charge in [-0.2, -0.15) is 0 Å². The first-order chi connectivity index (χ1) is 9.88. The number of amides is 1. The minimum Gasteiger partial charge on any atom is -0.508 e. The maximum absolute atomic E-state index is 12.1. The molecule has 1 heterocycles. The maximum Gasteiger partial charge on any atom is 0.251 e. The second-order valence-electron chi connectivity index (χ2n) is 5.88. The zero-order valence-corrected chi connectivity index (χ0v) is 12.4. The first kappa shape index (κ1) is 15.0. The quantitative estimate of drug-likeness (QED) is 0.908. The number of benzene rings is 1. The molecule has 2 rings (SSSR count). The first-order valence-electron chi connectivity index (χ1n) is 6.74. The van der Waals surface area contributed by atoms with Crippen LogP contribution in [-0.4, -0.2) is 21.0 Å². The van der Waals surface area contributed by atoms with Crippen LogP contribution < -0.4 is 5.32 Å². The van der Waals surface area contributed by atoms with Crippen LogP contribution in [-0.2, 0) is 12.0 Å². The van der Waals surface area contributed by atoms with Crippen LogP contribution in [0.5, 0.6) is 5.75 Å². The van der Waals surface area contributed by atoms with E-state index in [1.54, 1.807) is 18.3 Å². The number of hydrogen-bond acceptors (Lipinski definition) is 4. The Kier molecular flexibility index (Phi) is 4.21. The Morgan fingerprint density at radius 1 is 1.33 bits per heavy atom. The predicted octanol–water partition coefficient (Wildman–Crippen LogP) is 2.41. The molecule has 0 fully saturated rings. The molecule has 0 bridgehead atoms. The molecule has 0 aliphatic rings. The summed E-state index contributed by atoms with van der Waals surface area (Å²) in [5.74, 6) is -0.171. The molecule has 0 spiro atoms. The SMILES string of the molecule is CC(C)(C)c1ncncc1CNC(=O)c1cccc(O)c1. The molecular weight excluding hydrogens is 266 g/mol. The molecule has 0 aliphatic heterocycles. The van der Waals surface area contributed by atoms with Gasteiger partial charge in [-0.25, -0.2) is 9.97 Å². The summed E-state index contributed by atoms with van der Waals surface area (Å²) in [4.78, 5) is 20.4. The molecule has 1 amide bonds. The Morgan fingerprint density at radius 2 is 2.10 bits per heavy atom. The van der Waals surface area contributed by atoms with Gasteiger partial charge in [0.15, 0.2) is 0 Å². The van der Waals surface area contributed by atoms with Gasteiger partial charge >= 0.3 is 0 Å². The van der Waals surface area contributed by atoms with E-state index >= 15 is 0 Å². The second-order valence-corrected chi connectivity index (χ2v) is 5.88. The van der Waals surface area contributed by atoms with Gasteiger partial charge in [0.2, 0.25) is 0 Å². The Labute approximate surface area is 124 Å². The molecule has 5 nitrogen and oxygen atoms in total. The number of nitrogens with zero attached hydrogens (tertiary/aromatic N) is 2. The van der Waals surface area contributed by atoms with E-state index in [0.717, 1.165) is 11.3 Å². The summed E-state index contributed by atoms with van der Waals surface area (Å²) in [7, 11) is 0.